The lowest BCUT2D eigenvalue weighted by Crippen LogP contribution is -2.55. The Morgan fingerprint density at radius 3 is 2.36 bits per heavy atom. The molecule has 2 saturated heterocycles. The van der Waals surface area contributed by atoms with Crippen molar-refractivity contribution in [3.63, 3.8) is 0 Å². The fourth-order valence-corrected chi connectivity index (χ4v) is 4.17. The minimum absolute atomic E-state index is 0.174. The Bertz CT molecular complexity index is 538. The first-order chi connectivity index (χ1) is 10.4. The lowest BCUT2D eigenvalue weighted by Gasteiger charge is -2.36. The van der Waals surface area contributed by atoms with Gasteiger partial charge in [-0.1, -0.05) is 19.3 Å². The van der Waals surface area contributed by atoms with Crippen LogP contribution in [0, 0.1) is 11.3 Å². The smallest absolute Gasteiger partial charge is 0.249 e. The molecule has 0 radical (unpaired) electrons. The zero-order valence-electron chi connectivity index (χ0n) is 12.9. The van der Waals surface area contributed by atoms with Crippen LogP contribution in [-0.2, 0) is 19.2 Å². The van der Waals surface area contributed by atoms with Crippen LogP contribution in [-0.4, -0.2) is 34.6 Å². The Morgan fingerprint density at radius 2 is 1.73 bits per heavy atom. The average Bonchev–Trinajstić information content (AvgIpc) is 2.72. The molecule has 3 rings (SSSR count). The zero-order valence-corrected chi connectivity index (χ0v) is 12.9. The summed E-state index contributed by atoms with van der Waals surface area (Å²) in [4.78, 5) is 49.7. The number of rotatable bonds is 2. The first-order valence-electron chi connectivity index (χ1n) is 8.13. The molecule has 1 aliphatic carbocycles. The van der Waals surface area contributed by atoms with Crippen molar-refractivity contribution in [3.05, 3.63) is 0 Å². The van der Waals surface area contributed by atoms with Gasteiger partial charge in [-0.3, -0.25) is 29.4 Å². The summed E-state index contributed by atoms with van der Waals surface area (Å²) < 4.78 is 0. The van der Waals surface area contributed by atoms with E-state index in [0.29, 0.717) is 0 Å². The summed E-state index contributed by atoms with van der Waals surface area (Å²) in [6, 6.07) is -0.817. The highest BCUT2D eigenvalue weighted by atomic mass is 16.2. The lowest BCUT2D eigenvalue weighted by molar-refractivity contribution is -0.153. The highest BCUT2D eigenvalue weighted by molar-refractivity contribution is 6.11. The minimum Gasteiger partial charge on any atom is -0.295 e. The maximum absolute atomic E-state index is 12.9. The molecule has 0 bridgehead atoms. The highest BCUT2D eigenvalue weighted by Crippen LogP contribution is 2.46. The molecule has 0 spiro atoms. The van der Waals surface area contributed by atoms with Gasteiger partial charge >= 0.3 is 0 Å². The summed E-state index contributed by atoms with van der Waals surface area (Å²) in [6.07, 6.45) is 5.92. The van der Waals surface area contributed by atoms with Crippen LogP contribution in [0.1, 0.15) is 58.3 Å². The van der Waals surface area contributed by atoms with Crippen molar-refractivity contribution in [1.29, 1.82) is 0 Å². The normalized spacial score (nSPS) is 34.2. The van der Waals surface area contributed by atoms with Crippen LogP contribution in [0.15, 0.2) is 0 Å². The monoisotopic (exact) mass is 306 g/mol. The molecule has 4 amide bonds. The first-order valence-corrected chi connectivity index (χ1v) is 8.13. The molecule has 22 heavy (non-hydrogen) atoms. The molecule has 120 valence electrons. The van der Waals surface area contributed by atoms with E-state index in [9.17, 15) is 19.2 Å². The van der Waals surface area contributed by atoms with Crippen LogP contribution in [0.4, 0.5) is 0 Å². The maximum atomic E-state index is 12.9. The zero-order chi connectivity index (χ0) is 15.9. The molecule has 2 unspecified atom stereocenters. The number of carbonyl (C=O) groups is 4. The molecule has 2 aliphatic heterocycles. The fourth-order valence-electron chi connectivity index (χ4n) is 4.17. The summed E-state index contributed by atoms with van der Waals surface area (Å²) in [5, 5.41) is 2.23. The third-order valence-electron chi connectivity index (χ3n) is 5.52. The molecular formula is C16H22N2O4. The van der Waals surface area contributed by atoms with Gasteiger partial charge in [-0.05, 0) is 32.1 Å². The molecule has 6 nitrogen and oxygen atoms in total. The van der Waals surface area contributed by atoms with Gasteiger partial charge in [0.05, 0.1) is 5.41 Å². The Labute approximate surface area is 129 Å². The summed E-state index contributed by atoms with van der Waals surface area (Å²) >= 11 is 0. The summed E-state index contributed by atoms with van der Waals surface area (Å²) in [6.45, 7) is 1.87. The third-order valence-corrected chi connectivity index (χ3v) is 5.52. The number of likely N-dealkylation sites (tertiary alicyclic amines) is 1. The maximum Gasteiger partial charge on any atom is 0.249 e. The second-order valence-electron chi connectivity index (χ2n) is 6.96. The fraction of sp³-hybridized carbons (Fsp3) is 0.750. The number of nitrogens with zero attached hydrogens (tertiary/aromatic N) is 1. The second-order valence-corrected chi connectivity index (χ2v) is 6.96. The van der Waals surface area contributed by atoms with Crippen molar-refractivity contribution >= 4 is 23.6 Å². The number of nitrogens with one attached hydrogen (secondary N) is 1. The average molecular weight is 306 g/mol. The van der Waals surface area contributed by atoms with Gasteiger partial charge in [-0.25, -0.2) is 0 Å². The minimum atomic E-state index is -0.817. The van der Waals surface area contributed by atoms with E-state index >= 15 is 0 Å². The standard InChI is InChI=1S/C16H22N2O4/c1-16(10-5-3-2-4-6-10)9-13(20)18(15(16)22)11-7-8-12(19)17-14(11)21/h10-11H,2-9H2,1H3,(H,17,19,21). The van der Waals surface area contributed by atoms with Crippen molar-refractivity contribution in [3.8, 4) is 0 Å². The van der Waals surface area contributed by atoms with Gasteiger partial charge in [-0.15, -0.1) is 0 Å². The molecule has 1 N–H and O–H groups in total. The van der Waals surface area contributed by atoms with Gasteiger partial charge in [0.2, 0.25) is 23.6 Å². The number of piperidine rings is 1. The summed E-state index contributed by atoms with van der Waals surface area (Å²) in [5.74, 6) is -1.14. The van der Waals surface area contributed by atoms with E-state index in [1.165, 1.54) is 6.42 Å². The summed E-state index contributed by atoms with van der Waals surface area (Å²) in [7, 11) is 0. The molecule has 0 aromatic carbocycles. The third kappa shape index (κ3) is 2.34. The molecule has 0 aromatic rings. The van der Waals surface area contributed by atoms with Crippen molar-refractivity contribution < 1.29 is 19.2 Å². The SMILES string of the molecule is CC1(C2CCCCC2)CC(=O)N(C2CCC(=O)NC2=O)C1=O. The van der Waals surface area contributed by atoms with Gasteiger partial charge in [0.15, 0.2) is 0 Å². The summed E-state index contributed by atoms with van der Waals surface area (Å²) in [5.41, 5.74) is -0.681. The molecule has 3 fully saturated rings. The predicted octanol–water partition coefficient (Wildman–Crippen LogP) is 1.14. The van der Waals surface area contributed by atoms with Gasteiger partial charge < -0.3 is 0 Å². The van der Waals surface area contributed by atoms with E-state index in [-0.39, 0.29) is 42.9 Å². The number of imide groups is 2. The number of amides is 4. The van der Waals surface area contributed by atoms with Crippen LogP contribution in [0.25, 0.3) is 0 Å². The lowest BCUT2D eigenvalue weighted by atomic mass is 9.69. The van der Waals surface area contributed by atoms with Gasteiger partial charge in [0.1, 0.15) is 6.04 Å². The van der Waals surface area contributed by atoms with E-state index in [2.05, 4.69) is 5.32 Å². The molecule has 0 aromatic heterocycles. The molecule has 1 saturated carbocycles. The number of carbonyl (C=O) groups excluding carboxylic acids is 4. The molecule has 2 atom stereocenters. The van der Waals surface area contributed by atoms with Crippen molar-refractivity contribution in [2.45, 2.75) is 64.3 Å². The van der Waals surface area contributed by atoms with Gasteiger partial charge in [0, 0.05) is 12.8 Å². The Balaban J connectivity index is 1.82. The van der Waals surface area contributed by atoms with Gasteiger partial charge in [0.25, 0.3) is 0 Å². The van der Waals surface area contributed by atoms with E-state index in [1.54, 1.807) is 0 Å². The van der Waals surface area contributed by atoms with Crippen LogP contribution in [0.2, 0.25) is 0 Å². The van der Waals surface area contributed by atoms with Crippen molar-refractivity contribution in [2.75, 3.05) is 0 Å². The molecule has 6 heteroatoms. The quantitative estimate of drug-likeness (QED) is 0.775. The van der Waals surface area contributed by atoms with Gasteiger partial charge in [-0.2, -0.15) is 0 Å². The largest absolute Gasteiger partial charge is 0.295 e. The highest BCUT2D eigenvalue weighted by Gasteiger charge is 2.55. The van der Waals surface area contributed by atoms with Crippen LogP contribution in [0.5, 0.6) is 0 Å². The Morgan fingerprint density at radius 1 is 1.05 bits per heavy atom. The Kier molecular flexibility index (Phi) is 3.78. The number of hydrogen-bond acceptors (Lipinski definition) is 4. The Hall–Kier alpha value is -1.72. The molecular weight excluding hydrogens is 284 g/mol. The van der Waals surface area contributed by atoms with Crippen LogP contribution >= 0.6 is 0 Å². The van der Waals surface area contributed by atoms with E-state index in [0.717, 1.165) is 30.6 Å². The molecule has 2 heterocycles. The van der Waals surface area contributed by atoms with E-state index in [1.807, 2.05) is 6.92 Å². The van der Waals surface area contributed by atoms with E-state index in [4.69, 9.17) is 0 Å². The first kappa shape index (κ1) is 15.2. The molecule has 3 aliphatic rings. The predicted molar refractivity (Wildman–Crippen MR) is 77.3 cm³/mol. The van der Waals surface area contributed by atoms with Crippen LogP contribution in [0.3, 0.4) is 0 Å². The van der Waals surface area contributed by atoms with E-state index < -0.39 is 17.4 Å². The van der Waals surface area contributed by atoms with Crippen molar-refractivity contribution in [1.82, 2.24) is 10.2 Å². The van der Waals surface area contributed by atoms with Crippen LogP contribution < -0.4 is 5.32 Å². The second kappa shape index (κ2) is 5.48. The number of hydrogen-bond donors (Lipinski definition) is 1. The van der Waals surface area contributed by atoms with Crippen molar-refractivity contribution in [2.24, 2.45) is 11.3 Å². The topological polar surface area (TPSA) is 83.6 Å².